The molecule has 5 N–H and O–H groups in total. The Balaban J connectivity index is 5.15. The van der Waals surface area contributed by atoms with Crippen LogP contribution in [0.1, 0.15) is 13.8 Å². The third kappa shape index (κ3) is 3.25. The second kappa shape index (κ2) is 4.40. The van der Waals surface area contributed by atoms with Gasteiger partial charge in [0, 0.05) is 0 Å². The zero-order chi connectivity index (χ0) is 12.2. The van der Waals surface area contributed by atoms with E-state index < -0.39 is 29.1 Å². The molecule has 15 heavy (non-hydrogen) atoms. The van der Waals surface area contributed by atoms with Crippen LogP contribution >= 0.6 is 0 Å². The molecule has 0 heterocycles. The number of nitrogens with two attached hydrogens (primary N) is 1. The summed E-state index contributed by atoms with van der Waals surface area (Å²) < 4.78 is 0. The number of carbonyl (C=O) groups is 3. The average Bonchev–Trinajstić information content (AvgIpc) is 2.01. The molecule has 0 rings (SSSR count). The number of nitrogens with one attached hydrogen (secondary N) is 1. The number of hydrazone groups is 1. The summed E-state index contributed by atoms with van der Waals surface area (Å²) in [5.41, 5.74) is 3.89. The zero-order valence-corrected chi connectivity index (χ0v) is 8.14. The first-order valence-corrected chi connectivity index (χ1v) is 3.80. The first kappa shape index (κ1) is 12.9. The van der Waals surface area contributed by atoms with E-state index in [1.54, 1.807) is 5.43 Å². The first-order valence-electron chi connectivity index (χ1n) is 3.80. The summed E-state index contributed by atoms with van der Waals surface area (Å²) in [6.45, 7) is 2.29. The molecule has 0 saturated carbocycles. The summed E-state index contributed by atoms with van der Waals surface area (Å²) in [7, 11) is 0. The number of hydrogen-bond donors (Lipinski definition) is 4. The standard InChI is InChI=1S/C7H11N3O5/c1-7(2,5(13)14)3(4(11)12)9-10-6(8)15/h1-2H3,(H,11,12)(H,13,14)(H3,8,10,15)/b9-3-. The van der Waals surface area contributed by atoms with Crippen molar-refractivity contribution in [3.63, 3.8) is 0 Å². The highest BCUT2D eigenvalue weighted by atomic mass is 16.4. The minimum atomic E-state index is -1.73. The van der Waals surface area contributed by atoms with Crippen molar-refractivity contribution < 1.29 is 24.6 Å². The Hall–Kier alpha value is -2.12. The molecule has 0 atom stereocenters. The number of nitrogens with zero attached hydrogens (tertiary/aromatic N) is 1. The highest BCUT2D eigenvalue weighted by Gasteiger charge is 2.38. The third-order valence-corrected chi connectivity index (χ3v) is 1.61. The molecule has 0 aliphatic heterocycles. The van der Waals surface area contributed by atoms with Crippen LogP contribution in [0.4, 0.5) is 4.79 Å². The van der Waals surface area contributed by atoms with Gasteiger partial charge in [0.05, 0.1) is 0 Å². The Morgan fingerprint density at radius 1 is 1.27 bits per heavy atom. The number of rotatable bonds is 4. The van der Waals surface area contributed by atoms with Crippen molar-refractivity contribution in [1.29, 1.82) is 0 Å². The Morgan fingerprint density at radius 2 is 1.73 bits per heavy atom. The van der Waals surface area contributed by atoms with E-state index in [2.05, 4.69) is 10.8 Å². The Kier molecular flexibility index (Phi) is 3.78. The van der Waals surface area contributed by atoms with Gasteiger partial charge in [0.2, 0.25) is 0 Å². The van der Waals surface area contributed by atoms with Crippen LogP contribution in [0.5, 0.6) is 0 Å². The maximum Gasteiger partial charge on any atom is 0.353 e. The van der Waals surface area contributed by atoms with Crippen molar-refractivity contribution in [2.24, 2.45) is 16.3 Å². The Bertz CT molecular complexity index is 334. The van der Waals surface area contributed by atoms with Gasteiger partial charge in [0.1, 0.15) is 5.41 Å². The summed E-state index contributed by atoms with van der Waals surface area (Å²) in [6, 6.07) is -1.07. The quantitative estimate of drug-likeness (QED) is 0.360. The molecule has 0 fully saturated rings. The van der Waals surface area contributed by atoms with Crippen LogP contribution in [0.25, 0.3) is 0 Å². The van der Waals surface area contributed by atoms with Gasteiger partial charge in [-0.15, -0.1) is 0 Å². The largest absolute Gasteiger partial charge is 0.481 e. The van der Waals surface area contributed by atoms with E-state index in [4.69, 9.17) is 10.2 Å². The predicted molar refractivity (Wildman–Crippen MR) is 49.2 cm³/mol. The molecular formula is C7H11N3O5. The van der Waals surface area contributed by atoms with Crippen molar-refractivity contribution in [1.82, 2.24) is 5.43 Å². The molecule has 0 bridgehead atoms. The van der Waals surface area contributed by atoms with Crippen molar-refractivity contribution in [2.75, 3.05) is 0 Å². The number of carbonyl (C=O) groups excluding carboxylic acids is 1. The van der Waals surface area contributed by atoms with E-state index in [1.165, 1.54) is 0 Å². The second-order valence-electron chi connectivity index (χ2n) is 3.17. The number of carboxylic acid groups (broad SMARTS) is 2. The summed E-state index contributed by atoms with van der Waals surface area (Å²) in [5, 5.41) is 20.5. The lowest BCUT2D eigenvalue weighted by Gasteiger charge is -2.17. The molecule has 0 spiro atoms. The second-order valence-corrected chi connectivity index (χ2v) is 3.17. The number of urea groups is 1. The number of aliphatic carboxylic acids is 2. The lowest BCUT2D eigenvalue weighted by atomic mass is 9.87. The number of hydrogen-bond acceptors (Lipinski definition) is 4. The molecule has 84 valence electrons. The topological polar surface area (TPSA) is 142 Å². The minimum absolute atomic E-state index is 0.714. The van der Waals surface area contributed by atoms with Crippen molar-refractivity contribution in [3.05, 3.63) is 0 Å². The molecule has 0 unspecified atom stereocenters. The van der Waals surface area contributed by atoms with Gasteiger partial charge < -0.3 is 15.9 Å². The highest BCUT2D eigenvalue weighted by Crippen LogP contribution is 2.17. The van der Waals surface area contributed by atoms with Crippen LogP contribution in [-0.4, -0.2) is 33.9 Å². The first-order chi connectivity index (χ1) is 6.69. The minimum Gasteiger partial charge on any atom is -0.481 e. The van der Waals surface area contributed by atoms with Gasteiger partial charge in [0.15, 0.2) is 5.71 Å². The van der Waals surface area contributed by atoms with Crippen LogP contribution in [0.2, 0.25) is 0 Å². The van der Waals surface area contributed by atoms with Gasteiger partial charge in [-0.1, -0.05) is 0 Å². The van der Waals surface area contributed by atoms with Crippen molar-refractivity contribution in [2.45, 2.75) is 13.8 Å². The van der Waals surface area contributed by atoms with Crippen LogP contribution in [0, 0.1) is 5.41 Å². The molecule has 0 aliphatic carbocycles. The normalized spacial score (nSPS) is 12.0. The van der Waals surface area contributed by atoms with Crippen molar-refractivity contribution in [3.8, 4) is 0 Å². The van der Waals surface area contributed by atoms with Gasteiger partial charge in [-0.3, -0.25) is 4.79 Å². The van der Waals surface area contributed by atoms with Crippen LogP contribution in [-0.2, 0) is 9.59 Å². The molecule has 0 aromatic heterocycles. The maximum absolute atomic E-state index is 10.7. The van der Waals surface area contributed by atoms with E-state index in [0.29, 0.717) is 0 Å². The van der Waals surface area contributed by atoms with Crippen LogP contribution < -0.4 is 11.2 Å². The van der Waals surface area contributed by atoms with Gasteiger partial charge in [0.25, 0.3) is 0 Å². The van der Waals surface area contributed by atoms with Gasteiger partial charge >= 0.3 is 18.0 Å². The summed E-state index contributed by atoms with van der Waals surface area (Å²) in [5.74, 6) is -2.92. The molecular weight excluding hydrogens is 206 g/mol. The summed E-state index contributed by atoms with van der Waals surface area (Å²) >= 11 is 0. The molecule has 2 amide bonds. The highest BCUT2D eigenvalue weighted by molar-refractivity contribution is 6.41. The van der Waals surface area contributed by atoms with Crippen LogP contribution in [0.15, 0.2) is 5.10 Å². The molecule has 0 aromatic carbocycles. The number of carboxylic acids is 2. The molecule has 8 nitrogen and oxygen atoms in total. The fraction of sp³-hybridized carbons (Fsp3) is 0.429. The maximum atomic E-state index is 10.7. The molecule has 0 aromatic rings. The van der Waals surface area contributed by atoms with Gasteiger partial charge in [-0.2, -0.15) is 5.10 Å². The molecule has 0 aliphatic rings. The summed E-state index contributed by atoms with van der Waals surface area (Å²) in [6.07, 6.45) is 0. The lowest BCUT2D eigenvalue weighted by molar-refractivity contribution is -0.144. The fourth-order valence-electron chi connectivity index (χ4n) is 0.667. The zero-order valence-electron chi connectivity index (χ0n) is 8.14. The molecule has 8 heteroatoms. The third-order valence-electron chi connectivity index (χ3n) is 1.61. The number of primary amides is 1. The average molecular weight is 217 g/mol. The monoisotopic (exact) mass is 217 g/mol. The van der Waals surface area contributed by atoms with Gasteiger partial charge in [-0.25, -0.2) is 15.0 Å². The van der Waals surface area contributed by atoms with E-state index in [-0.39, 0.29) is 0 Å². The smallest absolute Gasteiger partial charge is 0.353 e. The van der Waals surface area contributed by atoms with Crippen LogP contribution in [0.3, 0.4) is 0 Å². The Morgan fingerprint density at radius 3 is 2.00 bits per heavy atom. The fourth-order valence-corrected chi connectivity index (χ4v) is 0.667. The number of amides is 2. The SMILES string of the molecule is CC(C)(C(=O)O)/C(=N\NC(N)=O)C(=O)O. The molecule has 0 saturated heterocycles. The van der Waals surface area contributed by atoms with E-state index >= 15 is 0 Å². The van der Waals surface area contributed by atoms with E-state index in [0.717, 1.165) is 13.8 Å². The lowest BCUT2D eigenvalue weighted by Crippen LogP contribution is -2.40. The van der Waals surface area contributed by atoms with Crippen molar-refractivity contribution >= 4 is 23.7 Å². The predicted octanol–water partition coefficient (Wildman–Crippen LogP) is -0.794. The Labute approximate surface area is 84.8 Å². The summed E-state index contributed by atoms with van der Waals surface area (Å²) in [4.78, 5) is 31.7. The van der Waals surface area contributed by atoms with Gasteiger partial charge in [-0.05, 0) is 13.8 Å². The molecule has 0 radical (unpaired) electrons. The van der Waals surface area contributed by atoms with E-state index in [1.807, 2.05) is 0 Å². The van der Waals surface area contributed by atoms with E-state index in [9.17, 15) is 14.4 Å².